The van der Waals surface area contributed by atoms with Crippen LogP contribution in [-0.4, -0.2) is 47.0 Å². The molecule has 37 heavy (non-hydrogen) atoms. The molecule has 1 aliphatic carbocycles. The van der Waals surface area contributed by atoms with E-state index in [2.05, 4.69) is 9.88 Å². The molecular formula is C27H31FN4O5. The number of aliphatic carboxylic acids is 1. The fourth-order valence-electron chi connectivity index (χ4n) is 5.72. The van der Waals surface area contributed by atoms with Crippen LogP contribution in [0.1, 0.15) is 50.6 Å². The van der Waals surface area contributed by atoms with Crippen molar-refractivity contribution >= 4 is 40.4 Å². The molecule has 3 atom stereocenters. The number of halogens is 1. The summed E-state index contributed by atoms with van der Waals surface area (Å²) in [5.74, 6) is -1.04. The SMILES string of the molecule is COC(=O)N1c2ccc3c(nc(Nc4ccc(F)c(OC)c4)n3[C@@H]3CCC[C@@H](C(=O)O)C3)c2CCC1C. The van der Waals surface area contributed by atoms with Crippen LogP contribution in [0.2, 0.25) is 0 Å². The average Bonchev–Trinajstić information content (AvgIpc) is 3.27. The van der Waals surface area contributed by atoms with Gasteiger partial charge in [-0.2, -0.15) is 0 Å². The first-order valence-electron chi connectivity index (χ1n) is 12.6. The monoisotopic (exact) mass is 510 g/mol. The molecule has 2 aromatic carbocycles. The molecule has 3 aromatic rings. The van der Waals surface area contributed by atoms with E-state index in [1.165, 1.54) is 20.3 Å². The van der Waals surface area contributed by atoms with Crippen LogP contribution >= 0.6 is 0 Å². The number of carbonyl (C=O) groups is 2. The number of carboxylic acid groups (broad SMARTS) is 1. The average molecular weight is 511 g/mol. The Labute approximate surface area is 214 Å². The number of fused-ring (bicyclic) bond motifs is 3. The first-order valence-corrected chi connectivity index (χ1v) is 12.6. The van der Waals surface area contributed by atoms with Gasteiger partial charge in [0, 0.05) is 29.4 Å². The van der Waals surface area contributed by atoms with Crippen LogP contribution in [0.5, 0.6) is 5.75 Å². The minimum atomic E-state index is -0.785. The fourth-order valence-corrected chi connectivity index (χ4v) is 5.72. The van der Waals surface area contributed by atoms with Gasteiger partial charge >= 0.3 is 12.1 Å². The van der Waals surface area contributed by atoms with E-state index in [-0.39, 0.29) is 17.8 Å². The molecule has 5 rings (SSSR count). The highest BCUT2D eigenvalue weighted by atomic mass is 19.1. The van der Waals surface area contributed by atoms with Crippen LogP contribution in [0.25, 0.3) is 11.0 Å². The number of hydrogen-bond acceptors (Lipinski definition) is 6. The van der Waals surface area contributed by atoms with Crippen LogP contribution in [0.15, 0.2) is 30.3 Å². The zero-order chi connectivity index (χ0) is 26.3. The molecule has 9 nitrogen and oxygen atoms in total. The molecule has 2 heterocycles. The molecule has 10 heteroatoms. The molecule has 1 saturated carbocycles. The van der Waals surface area contributed by atoms with Gasteiger partial charge in [0.1, 0.15) is 0 Å². The van der Waals surface area contributed by atoms with E-state index in [4.69, 9.17) is 14.5 Å². The zero-order valence-corrected chi connectivity index (χ0v) is 21.2. The molecule has 1 aliphatic heterocycles. The van der Waals surface area contributed by atoms with Crippen molar-refractivity contribution in [3.63, 3.8) is 0 Å². The maximum absolute atomic E-state index is 14.0. The van der Waals surface area contributed by atoms with Crippen molar-refractivity contribution in [2.24, 2.45) is 5.92 Å². The van der Waals surface area contributed by atoms with Crippen molar-refractivity contribution in [3.8, 4) is 5.75 Å². The second-order valence-electron chi connectivity index (χ2n) is 9.79. The van der Waals surface area contributed by atoms with E-state index in [1.807, 2.05) is 19.1 Å². The number of hydrogen-bond donors (Lipinski definition) is 2. The van der Waals surface area contributed by atoms with Gasteiger partial charge in [-0.05, 0) is 63.3 Å². The summed E-state index contributed by atoms with van der Waals surface area (Å²) in [4.78, 5) is 31.1. The second kappa shape index (κ2) is 9.91. The molecule has 2 aliphatic rings. The van der Waals surface area contributed by atoms with Crippen LogP contribution in [-0.2, 0) is 16.0 Å². The lowest BCUT2D eigenvalue weighted by atomic mass is 9.85. The van der Waals surface area contributed by atoms with E-state index < -0.39 is 23.8 Å². The van der Waals surface area contributed by atoms with E-state index in [0.717, 1.165) is 48.0 Å². The van der Waals surface area contributed by atoms with E-state index >= 15 is 0 Å². The molecule has 1 fully saturated rings. The minimum absolute atomic E-state index is 0.0153. The molecule has 0 bridgehead atoms. The molecule has 0 spiro atoms. The molecule has 1 unspecified atom stereocenters. The van der Waals surface area contributed by atoms with Gasteiger partial charge in [0.2, 0.25) is 5.95 Å². The lowest BCUT2D eigenvalue weighted by molar-refractivity contribution is -0.143. The number of benzene rings is 2. The Morgan fingerprint density at radius 3 is 2.70 bits per heavy atom. The number of imidazole rings is 1. The number of carbonyl (C=O) groups excluding carboxylic acids is 1. The summed E-state index contributed by atoms with van der Waals surface area (Å²) in [7, 11) is 2.78. The van der Waals surface area contributed by atoms with E-state index in [9.17, 15) is 19.1 Å². The highest BCUT2D eigenvalue weighted by Gasteiger charge is 2.34. The summed E-state index contributed by atoms with van der Waals surface area (Å²) in [5, 5.41) is 13.0. The quantitative estimate of drug-likeness (QED) is 0.457. The Morgan fingerprint density at radius 1 is 1.16 bits per heavy atom. The van der Waals surface area contributed by atoms with Gasteiger partial charge in [-0.1, -0.05) is 6.42 Å². The van der Waals surface area contributed by atoms with Crippen LogP contribution in [0.3, 0.4) is 0 Å². The zero-order valence-electron chi connectivity index (χ0n) is 21.2. The van der Waals surface area contributed by atoms with Gasteiger partial charge in [0.05, 0.1) is 36.9 Å². The summed E-state index contributed by atoms with van der Waals surface area (Å²) in [6.45, 7) is 1.99. The molecule has 1 aromatic heterocycles. The number of rotatable bonds is 5. The Hall–Kier alpha value is -3.82. The number of anilines is 3. The van der Waals surface area contributed by atoms with Crippen LogP contribution in [0, 0.1) is 11.7 Å². The predicted molar refractivity (Wildman–Crippen MR) is 137 cm³/mol. The molecule has 2 N–H and O–H groups in total. The largest absolute Gasteiger partial charge is 0.494 e. The lowest BCUT2D eigenvalue weighted by Gasteiger charge is -2.34. The van der Waals surface area contributed by atoms with E-state index in [1.54, 1.807) is 17.0 Å². The first-order chi connectivity index (χ1) is 17.8. The van der Waals surface area contributed by atoms with Crippen LogP contribution in [0.4, 0.5) is 26.5 Å². The Morgan fingerprint density at radius 2 is 1.97 bits per heavy atom. The smallest absolute Gasteiger partial charge is 0.414 e. The summed E-state index contributed by atoms with van der Waals surface area (Å²) in [5.41, 5.74) is 3.94. The van der Waals surface area contributed by atoms with Crippen molar-refractivity contribution in [2.45, 2.75) is 57.5 Å². The van der Waals surface area contributed by atoms with Gasteiger partial charge in [-0.15, -0.1) is 0 Å². The Balaban J connectivity index is 1.65. The van der Waals surface area contributed by atoms with Gasteiger partial charge < -0.3 is 24.5 Å². The van der Waals surface area contributed by atoms with E-state index in [0.29, 0.717) is 24.5 Å². The van der Waals surface area contributed by atoms with Crippen molar-refractivity contribution in [1.29, 1.82) is 0 Å². The Kier molecular flexibility index (Phi) is 6.66. The van der Waals surface area contributed by atoms with Gasteiger partial charge in [0.15, 0.2) is 11.6 Å². The minimum Gasteiger partial charge on any atom is -0.494 e. The number of carboxylic acids is 1. The van der Waals surface area contributed by atoms with Gasteiger partial charge in [-0.3, -0.25) is 9.69 Å². The third-order valence-electron chi connectivity index (χ3n) is 7.59. The number of ether oxygens (including phenoxy) is 2. The van der Waals surface area contributed by atoms with Gasteiger partial charge in [-0.25, -0.2) is 14.2 Å². The van der Waals surface area contributed by atoms with Crippen molar-refractivity contribution in [3.05, 3.63) is 41.7 Å². The molecule has 0 radical (unpaired) electrons. The normalized spacial score (nSPS) is 21.4. The number of methoxy groups -OCH3 is 2. The third-order valence-corrected chi connectivity index (χ3v) is 7.59. The fraction of sp³-hybridized carbons (Fsp3) is 0.444. The molecule has 1 amide bonds. The molecular weight excluding hydrogens is 479 g/mol. The number of aryl methyl sites for hydroxylation is 1. The maximum Gasteiger partial charge on any atom is 0.414 e. The van der Waals surface area contributed by atoms with Crippen molar-refractivity contribution in [1.82, 2.24) is 9.55 Å². The lowest BCUT2D eigenvalue weighted by Crippen LogP contribution is -2.42. The topological polar surface area (TPSA) is 106 Å². The van der Waals surface area contributed by atoms with Gasteiger partial charge in [0.25, 0.3) is 0 Å². The predicted octanol–water partition coefficient (Wildman–Crippen LogP) is 5.65. The van der Waals surface area contributed by atoms with Crippen molar-refractivity contribution < 1.29 is 28.6 Å². The Bertz CT molecular complexity index is 1360. The summed E-state index contributed by atoms with van der Waals surface area (Å²) >= 11 is 0. The van der Waals surface area contributed by atoms with Crippen LogP contribution < -0.4 is 15.0 Å². The molecule has 196 valence electrons. The highest BCUT2D eigenvalue weighted by Crippen LogP contribution is 2.42. The summed E-state index contributed by atoms with van der Waals surface area (Å²) in [6, 6.07) is 8.27. The number of nitrogens with one attached hydrogen (secondary N) is 1. The third kappa shape index (κ3) is 4.45. The summed E-state index contributed by atoms with van der Waals surface area (Å²) < 4.78 is 26.3. The van der Waals surface area contributed by atoms with Crippen molar-refractivity contribution in [2.75, 3.05) is 24.4 Å². The second-order valence-corrected chi connectivity index (χ2v) is 9.79. The summed E-state index contributed by atoms with van der Waals surface area (Å²) in [6.07, 6.45) is 3.84. The highest BCUT2D eigenvalue weighted by molar-refractivity contribution is 5.96. The standard InChI is InChI=1S/C27H31FN4O5/c1-15-7-9-19-21(31(15)27(35)37-3)11-12-22-24(19)30-26(29-17-8-10-20(28)23(14-17)36-2)32(22)18-6-4-5-16(13-18)25(33)34/h8,10-12,14-16,18H,4-7,9,13H2,1-3H3,(H,29,30)(H,33,34)/t15?,16-,18-/m1/s1. The maximum atomic E-state index is 14.0. The first kappa shape index (κ1) is 24.9. The number of aromatic nitrogens is 2. The number of nitrogens with zero attached hydrogens (tertiary/aromatic N) is 3. The molecule has 0 saturated heterocycles. The number of amides is 1.